The first-order valence-corrected chi connectivity index (χ1v) is 11.6. The highest BCUT2D eigenvalue weighted by atomic mass is 32.2. The van der Waals surface area contributed by atoms with Gasteiger partial charge in [-0.1, -0.05) is 84.0 Å². The summed E-state index contributed by atoms with van der Waals surface area (Å²) >= 11 is 0. The van der Waals surface area contributed by atoms with Crippen LogP contribution in [-0.4, -0.2) is 27.5 Å². The van der Waals surface area contributed by atoms with E-state index in [1.54, 1.807) is 0 Å². The summed E-state index contributed by atoms with van der Waals surface area (Å²) in [5.74, 6) is 0.119. The van der Waals surface area contributed by atoms with E-state index in [9.17, 15) is 12.8 Å². The molecule has 0 bridgehead atoms. The molecule has 0 aromatic carbocycles. The van der Waals surface area contributed by atoms with Crippen molar-refractivity contribution in [2.75, 3.05) is 19.0 Å². The topological polar surface area (TPSA) is 78.4 Å². The Hall–Kier alpha value is -0.200. The van der Waals surface area contributed by atoms with Crippen LogP contribution in [0.2, 0.25) is 0 Å². The van der Waals surface area contributed by atoms with Crippen LogP contribution in [0.3, 0.4) is 0 Å². The molecule has 0 saturated heterocycles. The van der Waals surface area contributed by atoms with Crippen LogP contribution in [0.5, 0.6) is 0 Å². The number of unbranched alkanes of at least 4 members (excludes halogenated alkanes) is 13. The SMILES string of the molecule is CCCCCCCCCCCOS(=O)(=O)CCCCCCCCF.N. The van der Waals surface area contributed by atoms with Crippen molar-refractivity contribution in [2.45, 2.75) is 103 Å². The maximum atomic E-state index is 11.9. The van der Waals surface area contributed by atoms with Crippen LogP contribution in [0.25, 0.3) is 0 Å². The van der Waals surface area contributed by atoms with Crippen molar-refractivity contribution < 1.29 is 17.0 Å². The molecular weight excluding hydrogens is 341 g/mol. The second-order valence-corrected chi connectivity index (χ2v) is 8.48. The summed E-state index contributed by atoms with van der Waals surface area (Å²) in [6, 6.07) is 0. The van der Waals surface area contributed by atoms with Crippen LogP contribution in [0, 0.1) is 0 Å². The number of halogens is 1. The van der Waals surface area contributed by atoms with E-state index in [0.717, 1.165) is 38.5 Å². The minimum absolute atomic E-state index is 0. The van der Waals surface area contributed by atoms with Crippen molar-refractivity contribution in [1.82, 2.24) is 6.15 Å². The van der Waals surface area contributed by atoms with E-state index in [1.165, 1.54) is 44.9 Å². The summed E-state index contributed by atoms with van der Waals surface area (Å²) in [5, 5.41) is 0. The second kappa shape index (κ2) is 20.1. The molecule has 3 N–H and O–H groups in total. The molecule has 0 aromatic rings. The third-order valence-corrected chi connectivity index (χ3v) is 5.60. The molecule has 0 aliphatic rings. The highest BCUT2D eigenvalue weighted by molar-refractivity contribution is 7.86. The molecule has 25 heavy (non-hydrogen) atoms. The van der Waals surface area contributed by atoms with Gasteiger partial charge in [0.05, 0.1) is 19.0 Å². The zero-order valence-corrected chi connectivity index (χ0v) is 17.3. The lowest BCUT2D eigenvalue weighted by Gasteiger charge is -2.06. The summed E-state index contributed by atoms with van der Waals surface area (Å²) in [6.45, 7) is 2.30. The van der Waals surface area contributed by atoms with Crippen LogP contribution in [0.1, 0.15) is 103 Å². The van der Waals surface area contributed by atoms with Crippen molar-refractivity contribution in [3.63, 3.8) is 0 Å². The number of alkyl halides is 1. The van der Waals surface area contributed by atoms with E-state index in [2.05, 4.69) is 6.92 Å². The monoisotopic (exact) mass is 383 g/mol. The predicted octanol–water partition coefficient (Wildman–Crippen LogP) is 6.34. The lowest BCUT2D eigenvalue weighted by atomic mass is 10.1. The van der Waals surface area contributed by atoms with Crippen LogP contribution in [-0.2, 0) is 14.3 Å². The Morgan fingerprint density at radius 3 is 1.64 bits per heavy atom. The Kier molecular flexibility index (Phi) is 21.7. The van der Waals surface area contributed by atoms with E-state index in [-0.39, 0.29) is 18.6 Å². The van der Waals surface area contributed by atoms with Gasteiger partial charge in [0, 0.05) is 0 Å². The van der Waals surface area contributed by atoms with Crippen LogP contribution in [0.4, 0.5) is 4.39 Å². The van der Waals surface area contributed by atoms with Gasteiger partial charge in [-0.2, -0.15) is 8.42 Å². The van der Waals surface area contributed by atoms with Gasteiger partial charge in [0.15, 0.2) is 0 Å². The van der Waals surface area contributed by atoms with E-state index in [1.807, 2.05) is 0 Å². The molecule has 0 atom stereocenters. The zero-order valence-electron chi connectivity index (χ0n) is 16.4. The lowest BCUT2D eigenvalue weighted by molar-refractivity contribution is 0.305. The maximum Gasteiger partial charge on any atom is 0.267 e. The first kappa shape index (κ1) is 27.0. The molecule has 6 heteroatoms. The fraction of sp³-hybridized carbons (Fsp3) is 1.00. The van der Waals surface area contributed by atoms with Gasteiger partial charge in [-0.3, -0.25) is 8.57 Å². The largest absolute Gasteiger partial charge is 0.344 e. The first-order valence-electron chi connectivity index (χ1n) is 10.1. The summed E-state index contributed by atoms with van der Waals surface area (Å²) < 4.78 is 40.4. The van der Waals surface area contributed by atoms with Crippen LogP contribution < -0.4 is 6.15 Å². The van der Waals surface area contributed by atoms with Gasteiger partial charge in [-0.05, 0) is 19.3 Å². The van der Waals surface area contributed by atoms with Crippen molar-refractivity contribution in [1.29, 1.82) is 0 Å². The van der Waals surface area contributed by atoms with E-state index in [0.29, 0.717) is 19.4 Å². The molecule has 0 rings (SSSR count). The fourth-order valence-corrected chi connectivity index (χ4v) is 3.79. The molecule has 0 unspecified atom stereocenters. The Labute approximate surface area is 156 Å². The standard InChI is InChI=1S/C19H39FO3S.H3N/c1-2-3-4-5-6-7-9-12-15-18-23-24(21,22)19-16-13-10-8-11-14-17-20;/h2-19H2,1H3;1H3. The molecule has 0 amide bonds. The number of rotatable bonds is 19. The average molecular weight is 384 g/mol. The van der Waals surface area contributed by atoms with E-state index < -0.39 is 10.1 Å². The van der Waals surface area contributed by atoms with Gasteiger partial charge in [0.1, 0.15) is 0 Å². The molecule has 0 aliphatic carbocycles. The minimum Gasteiger partial charge on any atom is -0.344 e. The lowest BCUT2D eigenvalue weighted by Crippen LogP contribution is -2.11. The molecule has 0 aliphatic heterocycles. The third-order valence-electron chi connectivity index (χ3n) is 4.29. The van der Waals surface area contributed by atoms with Crippen molar-refractivity contribution >= 4 is 10.1 Å². The Bertz CT molecular complexity index is 351. The van der Waals surface area contributed by atoms with Gasteiger partial charge < -0.3 is 6.15 Å². The zero-order chi connectivity index (χ0) is 17.9. The third kappa shape index (κ3) is 21.8. The minimum atomic E-state index is -3.35. The van der Waals surface area contributed by atoms with Gasteiger partial charge >= 0.3 is 0 Å². The molecule has 0 saturated carbocycles. The molecule has 0 heterocycles. The first-order chi connectivity index (χ1) is 11.6. The summed E-state index contributed by atoms with van der Waals surface area (Å²) in [6.07, 6.45) is 15.9. The predicted molar refractivity (Wildman–Crippen MR) is 106 cm³/mol. The van der Waals surface area contributed by atoms with Crippen molar-refractivity contribution in [3.8, 4) is 0 Å². The average Bonchev–Trinajstić information content (AvgIpc) is 2.55. The highest BCUT2D eigenvalue weighted by Crippen LogP contribution is 2.11. The maximum absolute atomic E-state index is 11.9. The summed E-state index contributed by atoms with van der Waals surface area (Å²) in [4.78, 5) is 0. The van der Waals surface area contributed by atoms with E-state index in [4.69, 9.17) is 4.18 Å². The molecule has 0 spiro atoms. The normalized spacial score (nSPS) is 11.4. The smallest absolute Gasteiger partial charge is 0.267 e. The number of hydrogen-bond acceptors (Lipinski definition) is 4. The van der Waals surface area contributed by atoms with Crippen molar-refractivity contribution in [3.05, 3.63) is 0 Å². The number of hydrogen-bond donors (Lipinski definition) is 1. The van der Waals surface area contributed by atoms with Crippen molar-refractivity contribution in [2.24, 2.45) is 0 Å². The van der Waals surface area contributed by atoms with Crippen LogP contribution in [0.15, 0.2) is 0 Å². The summed E-state index contributed by atoms with van der Waals surface area (Å²) in [5.41, 5.74) is 0. The molecule has 154 valence electrons. The highest BCUT2D eigenvalue weighted by Gasteiger charge is 2.10. The van der Waals surface area contributed by atoms with E-state index >= 15 is 0 Å². The van der Waals surface area contributed by atoms with Gasteiger partial charge in [0.2, 0.25) is 0 Å². The molecule has 0 radical (unpaired) electrons. The molecule has 0 fully saturated rings. The van der Waals surface area contributed by atoms with Gasteiger partial charge in [-0.25, -0.2) is 0 Å². The quantitative estimate of drug-likeness (QED) is 0.209. The second-order valence-electron chi connectivity index (χ2n) is 6.72. The molecular formula is C19H42FNO3S. The van der Waals surface area contributed by atoms with Gasteiger partial charge in [-0.15, -0.1) is 0 Å². The Morgan fingerprint density at radius 1 is 0.680 bits per heavy atom. The molecule has 4 nitrogen and oxygen atoms in total. The fourth-order valence-electron chi connectivity index (χ4n) is 2.74. The van der Waals surface area contributed by atoms with Gasteiger partial charge in [0.25, 0.3) is 10.1 Å². The molecule has 0 aromatic heterocycles. The van der Waals surface area contributed by atoms with Crippen LogP contribution >= 0.6 is 0 Å². The summed E-state index contributed by atoms with van der Waals surface area (Å²) in [7, 11) is -3.35. The Morgan fingerprint density at radius 2 is 1.12 bits per heavy atom. The Balaban J connectivity index is 0.